The molecule has 1 aromatic rings. The first-order valence-electron chi connectivity index (χ1n) is 7.97. The largest absolute Gasteiger partial charge is 0.379 e. The monoisotopic (exact) mass is 291 g/mol. The fourth-order valence-electron chi connectivity index (χ4n) is 2.93. The molecule has 21 heavy (non-hydrogen) atoms. The standard InChI is InChI=1S/C16H25N3O2/c1-2-11-17-14-9-6-10-15(16(14)19(20)21)18-12-13-7-4-3-5-8-13/h6,9-10,13,17-18H,2-5,7-8,11-12H2,1H3. The summed E-state index contributed by atoms with van der Waals surface area (Å²) < 4.78 is 0. The van der Waals surface area contributed by atoms with Gasteiger partial charge in [0.2, 0.25) is 0 Å². The Morgan fingerprint density at radius 1 is 1.19 bits per heavy atom. The van der Waals surface area contributed by atoms with Crippen molar-refractivity contribution in [3.8, 4) is 0 Å². The molecule has 0 radical (unpaired) electrons. The molecule has 0 atom stereocenters. The summed E-state index contributed by atoms with van der Waals surface area (Å²) in [5.41, 5.74) is 1.41. The smallest absolute Gasteiger partial charge is 0.315 e. The average Bonchev–Trinajstić information content (AvgIpc) is 2.51. The summed E-state index contributed by atoms with van der Waals surface area (Å²) in [6.07, 6.45) is 7.30. The number of nitrogens with one attached hydrogen (secondary N) is 2. The third kappa shape index (κ3) is 4.34. The number of rotatable bonds is 7. The zero-order valence-electron chi connectivity index (χ0n) is 12.7. The maximum absolute atomic E-state index is 11.4. The van der Waals surface area contributed by atoms with Crippen molar-refractivity contribution < 1.29 is 4.92 Å². The maximum atomic E-state index is 11.4. The van der Waals surface area contributed by atoms with E-state index in [1.807, 2.05) is 13.0 Å². The molecule has 1 saturated carbocycles. The summed E-state index contributed by atoms with van der Waals surface area (Å²) in [6.45, 7) is 3.62. The summed E-state index contributed by atoms with van der Waals surface area (Å²) in [7, 11) is 0. The van der Waals surface area contributed by atoms with E-state index in [0.717, 1.165) is 19.5 Å². The van der Waals surface area contributed by atoms with Crippen LogP contribution in [0.1, 0.15) is 45.4 Å². The second kappa shape index (κ2) is 7.86. The Balaban J connectivity index is 2.07. The van der Waals surface area contributed by atoms with Crippen molar-refractivity contribution in [1.82, 2.24) is 0 Å². The number of hydrogen-bond donors (Lipinski definition) is 2. The van der Waals surface area contributed by atoms with E-state index >= 15 is 0 Å². The van der Waals surface area contributed by atoms with E-state index in [4.69, 9.17) is 0 Å². The Hall–Kier alpha value is -1.78. The van der Waals surface area contributed by atoms with Gasteiger partial charge >= 0.3 is 5.69 Å². The maximum Gasteiger partial charge on any atom is 0.315 e. The first-order chi connectivity index (χ1) is 10.2. The Kier molecular flexibility index (Phi) is 5.84. The first kappa shape index (κ1) is 15.6. The van der Waals surface area contributed by atoms with Crippen LogP contribution in [0.3, 0.4) is 0 Å². The molecule has 5 nitrogen and oxygen atoms in total. The number of para-hydroxylation sites is 1. The topological polar surface area (TPSA) is 67.2 Å². The van der Waals surface area contributed by atoms with Gasteiger partial charge in [-0.05, 0) is 37.3 Å². The predicted octanol–water partition coefficient (Wildman–Crippen LogP) is 4.41. The van der Waals surface area contributed by atoms with Gasteiger partial charge in [0.15, 0.2) is 0 Å². The summed E-state index contributed by atoms with van der Waals surface area (Å²) in [5, 5.41) is 17.8. The lowest BCUT2D eigenvalue weighted by Crippen LogP contribution is -2.18. The molecule has 0 aliphatic heterocycles. The number of nitro groups is 1. The first-order valence-corrected chi connectivity index (χ1v) is 7.97. The zero-order valence-corrected chi connectivity index (χ0v) is 12.7. The average molecular weight is 291 g/mol. The van der Waals surface area contributed by atoms with Crippen molar-refractivity contribution in [2.45, 2.75) is 45.4 Å². The lowest BCUT2D eigenvalue weighted by Gasteiger charge is -2.22. The number of anilines is 2. The molecule has 1 aliphatic carbocycles. The van der Waals surface area contributed by atoms with E-state index in [2.05, 4.69) is 10.6 Å². The molecule has 0 spiro atoms. The van der Waals surface area contributed by atoms with Crippen LogP contribution < -0.4 is 10.6 Å². The highest BCUT2D eigenvalue weighted by Gasteiger charge is 2.20. The van der Waals surface area contributed by atoms with Crippen molar-refractivity contribution >= 4 is 17.1 Å². The van der Waals surface area contributed by atoms with Gasteiger partial charge < -0.3 is 10.6 Å². The van der Waals surface area contributed by atoms with Gasteiger partial charge in [0, 0.05) is 13.1 Å². The van der Waals surface area contributed by atoms with Gasteiger partial charge in [0.25, 0.3) is 0 Å². The lowest BCUT2D eigenvalue weighted by atomic mass is 9.89. The summed E-state index contributed by atoms with van der Waals surface area (Å²) in [4.78, 5) is 11.1. The van der Waals surface area contributed by atoms with Crippen molar-refractivity contribution in [2.24, 2.45) is 5.92 Å². The minimum absolute atomic E-state index is 0.168. The van der Waals surface area contributed by atoms with Gasteiger partial charge in [-0.15, -0.1) is 0 Å². The SMILES string of the molecule is CCCNc1cccc(NCC2CCCCC2)c1[N+](=O)[O-]. The van der Waals surface area contributed by atoms with Gasteiger partial charge in [0.1, 0.15) is 11.4 Å². The van der Waals surface area contributed by atoms with Crippen LogP contribution in [0, 0.1) is 16.0 Å². The van der Waals surface area contributed by atoms with Crippen LogP contribution in [-0.2, 0) is 0 Å². The fraction of sp³-hybridized carbons (Fsp3) is 0.625. The molecule has 0 amide bonds. The van der Waals surface area contributed by atoms with Gasteiger partial charge in [-0.3, -0.25) is 10.1 Å². The molecule has 5 heteroatoms. The van der Waals surface area contributed by atoms with Gasteiger partial charge in [0.05, 0.1) is 4.92 Å². The molecule has 2 rings (SSSR count). The van der Waals surface area contributed by atoms with Crippen molar-refractivity contribution in [3.63, 3.8) is 0 Å². The summed E-state index contributed by atoms with van der Waals surface area (Å²) in [5.74, 6) is 0.644. The second-order valence-corrected chi connectivity index (χ2v) is 5.77. The Labute approximate surface area is 126 Å². The highest BCUT2D eigenvalue weighted by molar-refractivity contribution is 5.76. The quantitative estimate of drug-likeness (QED) is 0.577. The minimum Gasteiger partial charge on any atom is -0.379 e. The van der Waals surface area contributed by atoms with Gasteiger partial charge in [-0.1, -0.05) is 32.3 Å². The van der Waals surface area contributed by atoms with E-state index in [1.165, 1.54) is 32.1 Å². The van der Waals surface area contributed by atoms with Crippen LogP contribution in [-0.4, -0.2) is 18.0 Å². The van der Waals surface area contributed by atoms with Crippen molar-refractivity contribution in [3.05, 3.63) is 28.3 Å². The molecule has 2 N–H and O–H groups in total. The fourth-order valence-corrected chi connectivity index (χ4v) is 2.93. The molecule has 0 heterocycles. The number of benzene rings is 1. The second-order valence-electron chi connectivity index (χ2n) is 5.77. The molecule has 0 saturated heterocycles. The van der Waals surface area contributed by atoms with E-state index in [9.17, 15) is 10.1 Å². The Morgan fingerprint density at radius 3 is 2.48 bits per heavy atom. The molecule has 0 aromatic heterocycles. The molecular formula is C16H25N3O2. The molecule has 116 valence electrons. The van der Waals surface area contributed by atoms with Crippen LogP contribution >= 0.6 is 0 Å². The van der Waals surface area contributed by atoms with Gasteiger partial charge in [-0.25, -0.2) is 0 Å². The van der Waals surface area contributed by atoms with Crippen molar-refractivity contribution in [2.75, 3.05) is 23.7 Å². The summed E-state index contributed by atoms with van der Waals surface area (Å²) >= 11 is 0. The van der Waals surface area contributed by atoms with Crippen LogP contribution in [0.2, 0.25) is 0 Å². The third-order valence-electron chi connectivity index (χ3n) is 4.09. The molecule has 1 aromatic carbocycles. The van der Waals surface area contributed by atoms with Crippen LogP contribution in [0.15, 0.2) is 18.2 Å². The van der Waals surface area contributed by atoms with Crippen molar-refractivity contribution in [1.29, 1.82) is 0 Å². The third-order valence-corrected chi connectivity index (χ3v) is 4.09. The number of nitrogens with zero attached hydrogens (tertiary/aromatic N) is 1. The number of nitro benzene ring substituents is 1. The zero-order chi connectivity index (χ0) is 15.1. The molecule has 0 bridgehead atoms. The van der Waals surface area contributed by atoms with E-state index < -0.39 is 0 Å². The Morgan fingerprint density at radius 2 is 1.86 bits per heavy atom. The van der Waals surface area contributed by atoms with Crippen LogP contribution in [0.5, 0.6) is 0 Å². The highest BCUT2D eigenvalue weighted by atomic mass is 16.6. The normalized spacial score (nSPS) is 15.7. The van der Waals surface area contributed by atoms with Crippen LogP contribution in [0.25, 0.3) is 0 Å². The van der Waals surface area contributed by atoms with E-state index in [0.29, 0.717) is 17.3 Å². The molecular weight excluding hydrogens is 266 g/mol. The molecule has 0 unspecified atom stereocenters. The van der Waals surface area contributed by atoms with Crippen LogP contribution in [0.4, 0.5) is 17.1 Å². The molecule has 1 fully saturated rings. The van der Waals surface area contributed by atoms with Gasteiger partial charge in [-0.2, -0.15) is 0 Å². The highest BCUT2D eigenvalue weighted by Crippen LogP contribution is 2.33. The summed E-state index contributed by atoms with van der Waals surface area (Å²) in [6, 6.07) is 5.45. The number of hydrogen-bond acceptors (Lipinski definition) is 4. The van der Waals surface area contributed by atoms with E-state index in [-0.39, 0.29) is 10.6 Å². The predicted molar refractivity (Wildman–Crippen MR) is 86.9 cm³/mol. The Bertz CT molecular complexity index is 471. The molecule has 1 aliphatic rings. The van der Waals surface area contributed by atoms with E-state index in [1.54, 1.807) is 12.1 Å². The lowest BCUT2D eigenvalue weighted by molar-refractivity contribution is -0.383. The minimum atomic E-state index is -0.290.